The minimum atomic E-state index is -3.09. The van der Waals surface area contributed by atoms with Gasteiger partial charge in [-0.3, -0.25) is 4.79 Å². The maximum absolute atomic E-state index is 13.0. The number of alkyl halides is 2. The Morgan fingerprint density at radius 2 is 2.29 bits per heavy atom. The van der Waals surface area contributed by atoms with Crippen LogP contribution in [0.5, 0.6) is 0 Å². The summed E-state index contributed by atoms with van der Waals surface area (Å²) in [7, 11) is 1.10. The first-order valence-electron chi connectivity index (χ1n) is 4.44. The Labute approximate surface area is 94.6 Å². The van der Waals surface area contributed by atoms with Gasteiger partial charge in [0.1, 0.15) is 11.8 Å². The Morgan fingerprint density at radius 3 is 2.76 bits per heavy atom. The highest BCUT2D eigenvalue weighted by Gasteiger charge is 2.21. The smallest absolute Gasteiger partial charge is 0.310 e. The van der Waals surface area contributed by atoms with Crippen molar-refractivity contribution < 1.29 is 22.7 Å². The van der Waals surface area contributed by atoms with E-state index in [1.807, 2.05) is 0 Å². The number of nitrogens with zero attached hydrogens (tertiary/aromatic N) is 2. The predicted octanol–water partition coefficient (Wildman–Crippen LogP) is 1.75. The molecule has 1 aromatic rings. The molecule has 17 heavy (non-hydrogen) atoms. The Kier molecular flexibility index (Phi) is 4.04. The molecule has 0 N–H and O–H groups in total. The van der Waals surface area contributed by atoms with Crippen LogP contribution in [-0.2, 0) is 16.0 Å². The number of ether oxygens (including phenoxy) is 1. The first-order valence-corrected chi connectivity index (χ1v) is 4.44. The normalized spacial score (nSPS) is 10.1. The second-order valence-corrected chi connectivity index (χ2v) is 3.03. The van der Waals surface area contributed by atoms with Crippen LogP contribution in [0.1, 0.15) is 23.2 Å². The molecule has 0 saturated heterocycles. The lowest BCUT2D eigenvalue weighted by Gasteiger charge is -2.07. The van der Waals surface area contributed by atoms with E-state index in [0.717, 1.165) is 13.2 Å². The lowest BCUT2D eigenvalue weighted by Crippen LogP contribution is -2.10. The zero-order valence-electron chi connectivity index (χ0n) is 8.71. The van der Waals surface area contributed by atoms with Crippen molar-refractivity contribution in [2.24, 2.45) is 0 Å². The van der Waals surface area contributed by atoms with Crippen molar-refractivity contribution in [3.8, 4) is 6.07 Å². The lowest BCUT2D eigenvalue weighted by molar-refractivity contribution is -0.139. The molecular weight excluding hydrogens is 237 g/mol. The summed E-state index contributed by atoms with van der Waals surface area (Å²) in [5.41, 5.74) is -1.62. The molecular formula is C10H7F3N2O2. The first kappa shape index (κ1) is 13.0. The van der Waals surface area contributed by atoms with Crippen molar-refractivity contribution in [3.63, 3.8) is 0 Å². The van der Waals surface area contributed by atoms with E-state index in [-0.39, 0.29) is 5.56 Å². The highest BCUT2D eigenvalue weighted by molar-refractivity contribution is 5.73. The largest absolute Gasteiger partial charge is 0.469 e. The molecule has 0 fully saturated rings. The number of hydrogen-bond acceptors (Lipinski definition) is 4. The van der Waals surface area contributed by atoms with E-state index < -0.39 is 36.0 Å². The highest BCUT2D eigenvalue weighted by Crippen LogP contribution is 2.24. The van der Waals surface area contributed by atoms with E-state index >= 15 is 0 Å². The van der Waals surface area contributed by atoms with Crippen LogP contribution in [0.25, 0.3) is 0 Å². The number of esters is 1. The van der Waals surface area contributed by atoms with Crippen molar-refractivity contribution in [2.45, 2.75) is 12.8 Å². The fourth-order valence-electron chi connectivity index (χ4n) is 1.24. The Morgan fingerprint density at radius 1 is 1.65 bits per heavy atom. The summed E-state index contributed by atoms with van der Waals surface area (Å²) in [5, 5.41) is 8.73. The van der Waals surface area contributed by atoms with Gasteiger partial charge in [0.05, 0.1) is 19.1 Å². The van der Waals surface area contributed by atoms with Gasteiger partial charge in [-0.2, -0.15) is 9.65 Å². The number of halogens is 3. The summed E-state index contributed by atoms with van der Waals surface area (Å²) in [6.45, 7) is 0. The number of carbonyl (C=O) groups is 1. The van der Waals surface area contributed by atoms with Crippen molar-refractivity contribution in [1.29, 1.82) is 5.26 Å². The number of carbonyl (C=O) groups excluding carboxylic acids is 1. The van der Waals surface area contributed by atoms with Crippen LogP contribution < -0.4 is 0 Å². The van der Waals surface area contributed by atoms with E-state index in [0.29, 0.717) is 0 Å². The van der Waals surface area contributed by atoms with Gasteiger partial charge < -0.3 is 4.74 Å². The molecule has 0 aliphatic heterocycles. The summed E-state index contributed by atoms with van der Waals surface area (Å²) < 4.78 is 42.3. The Bertz CT molecular complexity index is 483. The summed E-state index contributed by atoms with van der Waals surface area (Å²) in [6, 6.07) is 2.25. The van der Waals surface area contributed by atoms with Crippen LogP contribution in [0, 0.1) is 17.3 Å². The van der Waals surface area contributed by atoms with Crippen molar-refractivity contribution in [2.75, 3.05) is 7.11 Å². The molecule has 1 aromatic heterocycles. The number of aromatic nitrogens is 1. The molecule has 0 atom stereocenters. The van der Waals surface area contributed by atoms with Crippen LogP contribution >= 0.6 is 0 Å². The van der Waals surface area contributed by atoms with Gasteiger partial charge in [-0.05, 0) is 11.6 Å². The van der Waals surface area contributed by atoms with E-state index in [1.165, 1.54) is 6.07 Å². The topological polar surface area (TPSA) is 63.0 Å². The number of rotatable bonds is 3. The van der Waals surface area contributed by atoms with Gasteiger partial charge in [0.25, 0.3) is 6.43 Å². The third-order valence-electron chi connectivity index (χ3n) is 1.98. The Balaban J connectivity index is 3.29. The maximum atomic E-state index is 13.0. The van der Waals surface area contributed by atoms with Crippen molar-refractivity contribution >= 4 is 5.97 Å². The van der Waals surface area contributed by atoms with E-state index in [1.54, 1.807) is 0 Å². The molecule has 7 heteroatoms. The van der Waals surface area contributed by atoms with Gasteiger partial charge in [0.2, 0.25) is 5.95 Å². The molecule has 1 rings (SSSR count). The standard InChI is InChI=1S/C10H7F3N2O2/c1-17-8(16)3-5-2-7(11)15-9(10(12)13)6(5)4-14/h2,10H,3H2,1H3. The van der Waals surface area contributed by atoms with Crippen molar-refractivity contribution in [1.82, 2.24) is 4.98 Å². The molecule has 0 aliphatic rings. The zero-order chi connectivity index (χ0) is 13.0. The fraction of sp³-hybridized carbons (Fsp3) is 0.300. The molecule has 4 nitrogen and oxygen atoms in total. The highest BCUT2D eigenvalue weighted by atomic mass is 19.3. The van der Waals surface area contributed by atoms with Gasteiger partial charge in [-0.15, -0.1) is 0 Å². The lowest BCUT2D eigenvalue weighted by atomic mass is 10.0. The average molecular weight is 244 g/mol. The summed E-state index contributed by atoms with van der Waals surface area (Å²) >= 11 is 0. The minimum absolute atomic E-state index is 0.165. The molecule has 0 radical (unpaired) electrons. The SMILES string of the molecule is COC(=O)Cc1cc(F)nc(C(F)F)c1C#N. The van der Waals surface area contributed by atoms with Crippen LogP contribution in [-0.4, -0.2) is 18.1 Å². The molecule has 0 aliphatic carbocycles. The van der Waals surface area contributed by atoms with Gasteiger partial charge in [0, 0.05) is 0 Å². The van der Waals surface area contributed by atoms with E-state index in [9.17, 15) is 18.0 Å². The van der Waals surface area contributed by atoms with Crippen LogP contribution in [0.15, 0.2) is 6.07 Å². The summed E-state index contributed by atoms with van der Waals surface area (Å²) in [4.78, 5) is 13.9. The van der Waals surface area contributed by atoms with Crippen LogP contribution in [0.2, 0.25) is 0 Å². The number of nitriles is 1. The summed E-state index contributed by atoms with van der Waals surface area (Å²) in [5.74, 6) is -1.93. The molecule has 0 aromatic carbocycles. The number of pyridine rings is 1. The van der Waals surface area contributed by atoms with E-state index in [4.69, 9.17) is 5.26 Å². The third kappa shape index (κ3) is 2.93. The minimum Gasteiger partial charge on any atom is -0.469 e. The number of hydrogen-bond donors (Lipinski definition) is 0. The second-order valence-electron chi connectivity index (χ2n) is 3.03. The molecule has 0 amide bonds. The quantitative estimate of drug-likeness (QED) is 0.600. The second kappa shape index (κ2) is 5.30. The molecule has 0 spiro atoms. The zero-order valence-corrected chi connectivity index (χ0v) is 8.71. The van der Waals surface area contributed by atoms with Gasteiger partial charge >= 0.3 is 5.97 Å². The van der Waals surface area contributed by atoms with Crippen LogP contribution in [0.4, 0.5) is 13.2 Å². The predicted molar refractivity (Wildman–Crippen MR) is 49.6 cm³/mol. The summed E-state index contributed by atoms with van der Waals surface area (Å²) in [6.07, 6.45) is -3.55. The average Bonchev–Trinajstić information content (AvgIpc) is 2.28. The fourth-order valence-corrected chi connectivity index (χ4v) is 1.24. The molecule has 0 saturated carbocycles. The Hall–Kier alpha value is -2.10. The molecule has 0 bridgehead atoms. The maximum Gasteiger partial charge on any atom is 0.310 e. The monoisotopic (exact) mass is 244 g/mol. The molecule has 1 heterocycles. The molecule has 0 unspecified atom stereocenters. The van der Waals surface area contributed by atoms with Gasteiger partial charge in [-0.25, -0.2) is 13.8 Å². The van der Waals surface area contributed by atoms with Gasteiger partial charge in [0.15, 0.2) is 0 Å². The third-order valence-corrected chi connectivity index (χ3v) is 1.98. The van der Waals surface area contributed by atoms with Crippen molar-refractivity contribution in [3.05, 3.63) is 28.8 Å². The van der Waals surface area contributed by atoms with E-state index in [2.05, 4.69) is 9.72 Å². The molecule has 90 valence electrons. The first-order chi connectivity index (χ1) is 7.99. The van der Waals surface area contributed by atoms with Gasteiger partial charge in [-0.1, -0.05) is 0 Å². The number of methoxy groups -OCH3 is 1. The van der Waals surface area contributed by atoms with Crippen LogP contribution in [0.3, 0.4) is 0 Å².